The Balaban J connectivity index is 1.60. The van der Waals surface area contributed by atoms with Gasteiger partial charge in [0.25, 0.3) is 0 Å². The molecule has 0 spiro atoms. The highest BCUT2D eigenvalue weighted by molar-refractivity contribution is 4.79. The summed E-state index contributed by atoms with van der Waals surface area (Å²) in [5.74, 6) is 1.03. The molecule has 1 atom stereocenters. The lowest BCUT2D eigenvalue weighted by Gasteiger charge is -2.33. The van der Waals surface area contributed by atoms with Gasteiger partial charge in [0, 0.05) is 32.2 Å². The molecule has 3 heteroatoms. The number of rotatable bonds is 5. The van der Waals surface area contributed by atoms with Gasteiger partial charge < -0.3 is 15.1 Å². The van der Waals surface area contributed by atoms with Crippen molar-refractivity contribution in [3.8, 4) is 0 Å². The Morgan fingerprint density at radius 3 is 2.76 bits per heavy atom. The van der Waals surface area contributed by atoms with E-state index in [-0.39, 0.29) is 0 Å². The van der Waals surface area contributed by atoms with Gasteiger partial charge in [-0.05, 0) is 33.0 Å². The van der Waals surface area contributed by atoms with E-state index in [2.05, 4.69) is 29.2 Å². The van der Waals surface area contributed by atoms with Crippen LogP contribution in [0.5, 0.6) is 0 Å². The molecule has 0 aromatic carbocycles. The lowest BCUT2D eigenvalue weighted by Crippen LogP contribution is -2.53. The van der Waals surface area contributed by atoms with Crippen LogP contribution < -0.4 is 5.32 Å². The Bertz CT molecular complexity index is 214. The first-order chi connectivity index (χ1) is 8.24. The number of piperazine rings is 1. The lowest BCUT2D eigenvalue weighted by molar-refractivity contribution is 0.190. The molecule has 1 saturated heterocycles. The van der Waals surface area contributed by atoms with Crippen LogP contribution in [0, 0.1) is 5.92 Å². The molecule has 0 amide bonds. The monoisotopic (exact) mass is 239 g/mol. The summed E-state index contributed by atoms with van der Waals surface area (Å²) in [6.45, 7) is 6.04. The lowest BCUT2D eigenvalue weighted by atomic mass is 10.0. The van der Waals surface area contributed by atoms with Crippen LogP contribution in [0.15, 0.2) is 0 Å². The van der Waals surface area contributed by atoms with Crippen molar-refractivity contribution < 1.29 is 0 Å². The van der Waals surface area contributed by atoms with E-state index in [1.165, 1.54) is 58.3 Å². The summed E-state index contributed by atoms with van der Waals surface area (Å²) in [5, 5.41) is 3.63. The van der Waals surface area contributed by atoms with Crippen molar-refractivity contribution in [3.05, 3.63) is 0 Å². The molecule has 0 bridgehead atoms. The maximum atomic E-state index is 3.63. The SMILES string of the molecule is CN1CCNC(CN(C)CCC2CCCC2)C1. The van der Waals surface area contributed by atoms with Crippen LogP contribution in [0.1, 0.15) is 32.1 Å². The molecule has 0 aromatic heterocycles. The Morgan fingerprint density at radius 1 is 1.29 bits per heavy atom. The van der Waals surface area contributed by atoms with Crippen LogP contribution in [-0.2, 0) is 0 Å². The zero-order chi connectivity index (χ0) is 12.1. The maximum absolute atomic E-state index is 3.63. The molecule has 1 N–H and O–H groups in total. The highest BCUT2D eigenvalue weighted by Crippen LogP contribution is 2.27. The largest absolute Gasteiger partial charge is 0.310 e. The second-order valence-electron chi connectivity index (χ2n) is 6.11. The van der Waals surface area contributed by atoms with E-state index in [9.17, 15) is 0 Å². The first-order valence-corrected chi connectivity index (χ1v) is 7.34. The van der Waals surface area contributed by atoms with E-state index in [4.69, 9.17) is 0 Å². The second kappa shape index (κ2) is 6.72. The molecule has 2 fully saturated rings. The zero-order valence-corrected chi connectivity index (χ0v) is 11.6. The Hall–Kier alpha value is -0.120. The van der Waals surface area contributed by atoms with Crippen LogP contribution in [0.25, 0.3) is 0 Å². The molecule has 1 unspecified atom stereocenters. The second-order valence-corrected chi connectivity index (χ2v) is 6.11. The predicted molar refractivity (Wildman–Crippen MR) is 73.4 cm³/mol. The van der Waals surface area contributed by atoms with Gasteiger partial charge in [-0.25, -0.2) is 0 Å². The van der Waals surface area contributed by atoms with Gasteiger partial charge in [-0.15, -0.1) is 0 Å². The van der Waals surface area contributed by atoms with Gasteiger partial charge in [-0.3, -0.25) is 0 Å². The van der Waals surface area contributed by atoms with Crippen LogP contribution in [0.4, 0.5) is 0 Å². The molecular formula is C14H29N3. The van der Waals surface area contributed by atoms with Crippen molar-refractivity contribution in [1.29, 1.82) is 0 Å². The van der Waals surface area contributed by atoms with Crippen molar-refractivity contribution in [2.45, 2.75) is 38.1 Å². The van der Waals surface area contributed by atoms with E-state index in [0.29, 0.717) is 6.04 Å². The van der Waals surface area contributed by atoms with Crippen LogP contribution >= 0.6 is 0 Å². The van der Waals surface area contributed by atoms with Crippen LogP contribution in [0.2, 0.25) is 0 Å². The molecule has 1 aliphatic heterocycles. The van der Waals surface area contributed by atoms with E-state index in [1.807, 2.05) is 0 Å². The first-order valence-electron chi connectivity index (χ1n) is 7.34. The fourth-order valence-corrected chi connectivity index (χ4v) is 3.28. The minimum atomic E-state index is 0.669. The van der Waals surface area contributed by atoms with Gasteiger partial charge in [0.2, 0.25) is 0 Å². The minimum absolute atomic E-state index is 0.669. The fraction of sp³-hybridized carbons (Fsp3) is 1.00. The molecule has 2 rings (SSSR count). The number of hydrogen-bond acceptors (Lipinski definition) is 3. The predicted octanol–water partition coefficient (Wildman–Crippen LogP) is 1.40. The number of nitrogens with one attached hydrogen (secondary N) is 1. The Morgan fingerprint density at radius 2 is 2.06 bits per heavy atom. The van der Waals surface area contributed by atoms with E-state index >= 15 is 0 Å². The zero-order valence-electron chi connectivity index (χ0n) is 11.6. The van der Waals surface area contributed by atoms with Crippen molar-refractivity contribution >= 4 is 0 Å². The average molecular weight is 239 g/mol. The topological polar surface area (TPSA) is 18.5 Å². The van der Waals surface area contributed by atoms with Crippen LogP contribution in [-0.4, -0.2) is 62.7 Å². The molecular weight excluding hydrogens is 210 g/mol. The van der Waals surface area contributed by atoms with Crippen LogP contribution in [0.3, 0.4) is 0 Å². The summed E-state index contributed by atoms with van der Waals surface area (Å²) < 4.78 is 0. The van der Waals surface area contributed by atoms with E-state index < -0.39 is 0 Å². The molecule has 3 nitrogen and oxygen atoms in total. The molecule has 1 aliphatic carbocycles. The molecule has 0 radical (unpaired) electrons. The van der Waals surface area contributed by atoms with Gasteiger partial charge in [-0.2, -0.15) is 0 Å². The normalized spacial score (nSPS) is 28.1. The Kier molecular flexibility index (Phi) is 5.26. The quantitative estimate of drug-likeness (QED) is 0.782. The molecule has 1 saturated carbocycles. The van der Waals surface area contributed by atoms with Gasteiger partial charge >= 0.3 is 0 Å². The van der Waals surface area contributed by atoms with Gasteiger partial charge in [0.15, 0.2) is 0 Å². The number of hydrogen-bond donors (Lipinski definition) is 1. The highest BCUT2D eigenvalue weighted by Gasteiger charge is 2.19. The van der Waals surface area contributed by atoms with Crippen molar-refractivity contribution in [3.63, 3.8) is 0 Å². The average Bonchev–Trinajstić information content (AvgIpc) is 2.79. The third-order valence-electron chi connectivity index (χ3n) is 4.38. The van der Waals surface area contributed by atoms with E-state index in [0.717, 1.165) is 12.5 Å². The maximum Gasteiger partial charge on any atom is 0.0322 e. The highest BCUT2D eigenvalue weighted by atomic mass is 15.2. The third kappa shape index (κ3) is 4.57. The molecule has 1 heterocycles. The van der Waals surface area contributed by atoms with Gasteiger partial charge in [0.1, 0.15) is 0 Å². The van der Waals surface area contributed by atoms with Crippen molar-refractivity contribution in [2.24, 2.45) is 5.92 Å². The minimum Gasteiger partial charge on any atom is -0.310 e. The summed E-state index contributed by atoms with van der Waals surface area (Å²) in [6, 6.07) is 0.669. The summed E-state index contributed by atoms with van der Waals surface area (Å²) in [6.07, 6.45) is 7.34. The van der Waals surface area contributed by atoms with Gasteiger partial charge in [0.05, 0.1) is 0 Å². The summed E-state index contributed by atoms with van der Waals surface area (Å²) in [5.41, 5.74) is 0. The molecule has 2 aliphatic rings. The fourth-order valence-electron chi connectivity index (χ4n) is 3.28. The molecule has 0 aromatic rings. The van der Waals surface area contributed by atoms with Crippen molar-refractivity contribution in [1.82, 2.24) is 15.1 Å². The summed E-state index contributed by atoms with van der Waals surface area (Å²) in [4.78, 5) is 4.96. The number of nitrogens with zero attached hydrogens (tertiary/aromatic N) is 2. The number of likely N-dealkylation sites (N-methyl/N-ethyl adjacent to an activating group) is 2. The molecule has 100 valence electrons. The van der Waals surface area contributed by atoms with Gasteiger partial charge in [-0.1, -0.05) is 25.7 Å². The smallest absolute Gasteiger partial charge is 0.0322 e. The van der Waals surface area contributed by atoms with Crippen molar-refractivity contribution in [2.75, 3.05) is 46.8 Å². The first kappa shape index (κ1) is 13.3. The summed E-state index contributed by atoms with van der Waals surface area (Å²) >= 11 is 0. The third-order valence-corrected chi connectivity index (χ3v) is 4.38. The van der Waals surface area contributed by atoms with E-state index in [1.54, 1.807) is 0 Å². The standard InChI is InChI=1S/C14H29N3/c1-16(9-7-13-5-3-4-6-13)11-14-12-17(2)10-8-15-14/h13-15H,3-12H2,1-2H3. The summed E-state index contributed by atoms with van der Waals surface area (Å²) in [7, 11) is 4.51. The Labute approximate surface area is 107 Å². The molecule has 17 heavy (non-hydrogen) atoms.